The molecule has 0 heterocycles. The highest BCUT2D eigenvalue weighted by atomic mass is 16.2. The Morgan fingerprint density at radius 3 is 1.70 bits per heavy atom. The molecule has 2 rings (SSSR count). The number of hydrazine groups is 1. The van der Waals surface area contributed by atoms with E-state index in [0.29, 0.717) is 5.56 Å². The number of carbonyl (C=O) groups excluding carboxylic acids is 1. The van der Waals surface area contributed by atoms with Gasteiger partial charge in [-0.05, 0) is 24.3 Å². The van der Waals surface area contributed by atoms with Crippen LogP contribution in [-0.2, 0) is 0 Å². The van der Waals surface area contributed by atoms with Crippen LogP contribution in [0.15, 0.2) is 60.7 Å². The highest BCUT2D eigenvalue weighted by Crippen LogP contribution is 2.03. The first-order chi connectivity index (χ1) is 9.86. The van der Waals surface area contributed by atoms with Crippen molar-refractivity contribution in [2.24, 2.45) is 0 Å². The molecule has 0 fully saturated rings. The molecule has 0 aliphatic carbocycles. The quantitative estimate of drug-likeness (QED) is 0.808. The highest BCUT2D eigenvalue weighted by molar-refractivity contribution is 5.94. The molecule has 1 amide bonds. The fourth-order valence-electron chi connectivity index (χ4n) is 1.31. The second-order valence-corrected chi connectivity index (χ2v) is 3.31. The fourth-order valence-corrected chi connectivity index (χ4v) is 1.31. The van der Waals surface area contributed by atoms with Gasteiger partial charge in [-0.3, -0.25) is 15.6 Å². The van der Waals surface area contributed by atoms with Crippen molar-refractivity contribution < 1.29 is 4.79 Å². The molecule has 0 saturated heterocycles. The second kappa shape index (κ2) is 11.8. The first kappa shape index (κ1) is 17.7. The number of carbonyl (C=O) groups is 1. The summed E-state index contributed by atoms with van der Waals surface area (Å²) in [6, 6.07) is 18.6. The summed E-state index contributed by atoms with van der Waals surface area (Å²) in [6.45, 7) is 8.00. The molecule has 3 heteroatoms. The number of rotatable bonds is 3. The first-order valence-electron chi connectivity index (χ1n) is 7.03. The summed E-state index contributed by atoms with van der Waals surface area (Å²) < 4.78 is 0. The molecule has 2 N–H and O–H groups in total. The van der Waals surface area contributed by atoms with E-state index in [1.807, 2.05) is 76.2 Å². The van der Waals surface area contributed by atoms with Crippen molar-refractivity contribution in [1.29, 1.82) is 0 Å². The molecule has 0 spiro atoms. The van der Waals surface area contributed by atoms with Gasteiger partial charge in [0.15, 0.2) is 0 Å². The molecule has 3 nitrogen and oxygen atoms in total. The molecule has 2 aromatic carbocycles. The Bertz CT molecular complexity index is 455. The smallest absolute Gasteiger partial charge is 0.269 e. The zero-order chi connectivity index (χ0) is 15.2. The highest BCUT2D eigenvalue weighted by Gasteiger charge is 2.02. The summed E-state index contributed by atoms with van der Waals surface area (Å²) >= 11 is 0. The monoisotopic (exact) mass is 272 g/mol. The maximum absolute atomic E-state index is 11.6. The molecule has 0 atom stereocenters. The van der Waals surface area contributed by atoms with E-state index >= 15 is 0 Å². The molecule has 0 saturated carbocycles. The van der Waals surface area contributed by atoms with Crippen LogP contribution in [0.25, 0.3) is 0 Å². The summed E-state index contributed by atoms with van der Waals surface area (Å²) in [6.07, 6.45) is 0. The van der Waals surface area contributed by atoms with Crippen molar-refractivity contribution in [3.05, 3.63) is 66.2 Å². The molecule has 108 valence electrons. The van der Waals surface area contributed by atoms with E-state index in [2.05, 4.69) is 10.9 Å². The van der Waals surface area contributed by atoms with Gasteiger partial charge in [0.1, 0.15) is 0 Å². The molecule has 2 aromatic rings. The van der Waals surface area contributed by atoms with Crippen LogP contribution < -0.4 is 10.9 Å². The maximum atomic E-state index is 11.6. The Morgan fingerprint density at radius 1 is 0.750 bits per heavy atom. The number of amides is 1. The van der Waals surface area contributed by atoms with Crippen LogP contribution in [0.3, 0.4) is 0 Å². The largest absolute Gasteiger partial charge is 0.298 e. The van der Waals surface area contributed by atoms with Crippen LogP contribution >= 0.6 is 0 Å². The molecule has 20 heavy (non-hydrogen) atoms. The van der Waals surface area contributed by atoms with E-state index in [9.17, 15) is 4.79 Å². The topological polar surface area (TPSA) is 41.1 Å². The van der Waals surface area contributed by atoms with Crippen molar-refractivity contribution in [1.82, 2.24) is 5.43 Å². The molecule has 0 aliphatic rings. The zero-order valence-electron chi connectivity index (χ0n) is 12.7. The molecule has 0 unspecified atom stereocenters. The number of benzene rings is 2. The summed E-state index contributed by atoms with van der Waals surface area (Å²) in [7, 11) is 0. The molecular formula is C17H24N2O. The van der Waals surface area contributed by atoms with Crippen LogP contribution in [0.2, 0.25) is 0 Å². The number of hydrogen-bond acceptors (Lipinski definition) is 2. The lowest BCUT2D eigenvalue weighted by atomic mass is 10.2. The van der Waals surface area contributed by atoms with Crippen molar-refractivity contribution in [2.75, 3.05) is 5.43 Å². The molecule has 0 aromatic heterocycles. The zero-order valence-corrected chi connectivity index (χ0v) is 12.7. The van der Waals surface area contributed by atoms with Gasteiger partial charge >= 0.3 is 0 Å². The van der Waals surface area contributed by atoms with E-state index in [-0.39, 0.29) is 5.91 Å². The van der Waals surface area contributed by atoms with Gasteiger partial charge in [-0.15, -0.1) is 0 Å². The predicted molar refractivity (Wildman–Crippen MR) is 86.7 cm³/mol. The van der Waals surface area contributed by atoms with Gasteiger partial charge in [-0.1, -0.05) is 64.1 Å². The first-order valence-corrected chi connectivity index (χ1v) is 7.03. The van der Waals surface area contributed by atoms with E-state index in [1.165, 1.54) is 0 Å². The van der Waals surface area contributed by atoms with Gasteiger partial charge < -0.3 is 0 Å². The number of anilines is 1. The Labute approximate surface area is 122 Å². The van der Waals surface area contributed by atoms with Gasteiger partial charge in [0.25, 0.3) is 5.91 Å². The van der Waals surface area contributed by atoms with E-state index < -0.39 is 0 Å². The Morgan fingerprint density at radius 2 is 1.20 bits per heavy atom. The minimum Gasteiger partial charge on any atom is -0.298 e. The summed E-state index contributed by atoms with van der Waals surface area (Å²) in [5.74, 6) is -0.149. The van der Waals surface area contributed by atoms with Gasteiger partial charge in [0.05, 0.1) is 5.69 Å². The predicted octanol–water partition coefficient (Wildman–Crippen LogP) is 4.50. The summed E-state index contributed by atoms with van der Waals surface area (Å²) in [5.41, 5.74) is 6.95. The van der Waals surface area contributed by atoms with Crippen LogP contribution in [0, 0.1) is 0 Å². The number of hydrogen-bond donors (Lipinski definition) is 2. The lowest BCUT2D eigenvalue weighted by Crippen LogP contribution is -2.29. The molecule has 0 radical (unpaired) electrons. The minimum atomic E-state index is -0.149. The SMILES string of the molecule is CC.CC.O=C(NNc1ccccc1)c1ccccc1. The molecule has 0 bridgehead atoms. The summed E-state index contributed by atoms with van der Waals surface area (Å²) in [4.78, 5) is 11.6. The maximum Gasteiger partial charge on any atom is 0.269 e. The standard InChI is InChI=1S/C13H12N2O.2C2H6/c16-13(11-7-3-1-4-8-11)15-14-12-9-5-2-6-10-12;2*1-2/h1-10,14H,(H,15,16);2*1-2H3. The normalized spacial score (nSPS) is 8.20. The molecular weight excluding hydrogens is 248 g/mol. The van der Waals surface area contributed by atoms with Crippen LogP contribution in [0.4, 0.5) is 5.69 Å². The lowest BCUT2D eigenvalue weighted by molar-refractivity contribution is 0.0962. The second-order valence-electron chi connectivity index (χ2n) is 3.31. The van der Waals surface area contributed by atoms with E-state index in [1.54, 1.807) is 12.1 Å². The van der Waals surface area contributed by atoms with Crippen molar-refractivity contribution in [2.45, 2.75) is 27.7 Å². The van der Waals surface area contributed by atoms with E-state index in [0.717, 1.165) is 5.69 Å². The Balaban J connectivity index is 0.000000829. The van der Waals surface area contributed by atoms with Crippen LogP contribution in [0.1, 0.15) is 38.1 Å². The molecule has 0 aliphatic heterocycles. The van der Waals surface area contributed by atoms with Gasteiger partial charge in [-0.25, -0.2) is 0 Å². The van der Waals surface area contributed by atoms with Gasteiger partial charge in [0.2, 0.25) is 0 Å². The van der Waals surface area contributed by atoms with E-state index in [4.69, 9.17) is 0 Å². The minimum absolute atomic E-state index is 0.149. The van der Waals surface area contributed by atoms with Crippen molar-refractivity contribution in [3.8, 4) is 0 Å². The number of nitrogens with one attached hydrogen (secondary N) is 2. The Kier molecular flexibility index (Phi) is 10.4. The van der Waals surface area contributed by atoms with Crippen molar-refractivity contribution >= 4 is 11.6 Å². The average Bonchev–Trinajstić information content (AvgIpc) is 2.58. The van der Waals surface area contributed by atoms with Crippen LogP contribution in [0.5, 0.6) is 0 Å². The van der Waals surface area contributed by atoms with Crippen molar-refractivity contribution in [3.63, 3.8) is 0 Å². The van der Waals surface area contributed by atoms with Gasteiger partial charge in [0, 0.05) is 5.56 Å². The average molecular weight is 272 g/mol. The van der Waals surface area contributed by atoms with Gasteiger partial charge in [-0.2, -0.15) is 0 Å². The third kappa shape index (κ3) is 6.59. The fraction of sp³-hybridized carbons (Fsp3) is 0.235. The lowest BCUT2D eigenvalue weighted by Gasteiger charge is -2.07. The van der Waals surface area contributed by atoms with Crippen LogP contribution in [-0.4, -0.2) is 5.91 Å². The number of para-hydroxylation sites is 1. The third-order valence-corrected chi connectivity index (χ3v) is 2.13. The summed E-state index contributed by atoms with van der Waals surface area (Å²) in [5, 5.41) is 0. The third-order valence-electron chi connectivity index (χ3n) is 2.13. The Hall–Kier alpha value is -2.29.